The topological polar surface area (TPSA) is 80.5 Å². The van der Waals surface area contributed by atoms with Crippen LogP contribution in [0.25, 0.3) is 11.5 Å². The normalized spacial score (nSPS) is 17.4. The van der Waals surface area contributed by atoms with Crippen LogP contribution in [0.3, 0.4) is 0 Å². The molecular weight excluding hydrogens is 356 g/mol. The number of rotatable bonds is 5. The standard InChI is InChI=1S/C21H22N4O3/c1-22-20(26)16-8-5-9-17(12-16)21-23-19(24-28-21)18-14-25(10-11-27-18)13-15-6-3-2-4-7-15/h2-9,12,18H,10-11,13-14H2,1H3,(H,22,26)/t18-/m0/s1. The molecule has 0 radical (unpaired) electrons. The van der Waals surface area contributed by atoms with E-state index in [2.05, 4.69) is 32.5 Å². The summed E-state index contributed by atoms with van der Waals surface area (Å²) in [5.74, 6) is 0.747. The van der Waals surface area contributed by atoms with Crippen LogP contribution >= 0.6 is 0 Å². The molecule has 0 unspecified atom stereocenters. The number of amides is 1. The van der Waals surface area contributed by atoms with Gasteiger partial charge in [0.2, 0.25) is 5.82 Å². The molecule has 1 N–H and O–H groups in total. The lowest BCUT2D eigenvalue weighted by Crippen LogP contribution is -2.38. The van der Waals surface area contributed by atoms with Crippen molar-refractivity contribution >= 4 is 5.91 Å². The zero-order chi connectivity index (χ0) is 19.3. The Morgan fingerprint density at radius 3 is 2.89 bits per heavy atom. The summed E-state index contributed by atoms with van der Waals surface area (Å²) in [5, 5.41) is 6.72. The molecule has 28 heavy (non-hydrogen) atoms. The number of hydrogen-bond donors (Lipinski definition) is 1. The summed E-state index contributed by atoms with van der Waals surface area (Å²) >= 11 is 0. The fourth-order valence-corrected chi connectivity index (χ4v) is 3.26. The van der Waals surface area contributed by atoms with Crippen LogP contribution in [0.2, 0.25) is 0 Å². The number of morpholine rings is 1. The Morgan fingerprint density at radius 1 is 1.21 bits per heavy atom. The Labute approximate surface area is 163 Å². The van der Waals surface area contributed by atoms with E-state index in [1.165, 1.54) is 5.56 Å². The molecule has 1 atom stereocenters. The molecule has 1 saturated heterocycles. The van der Waals surface area contributed by atoms with Gasteiger partial charge in [0.1, 0.15) is 6.10 Å². The Kier molecular flexibility index (Phi) is 5.45. The largest absolute Gasteiger partial charge is 0.367 e. The molecule has 3 aromatic rings. The number of aromatic nitrogens is 2. The van der Waals surface area contributed by atoms with E-state index in [0.29, 0.717) is 36.0 Å². The van der Waals surface area contributed by atoms with E-state index < -0.39 is 0 Å². The number of carbonyl (C=O) groups excluding carboxylic acids is 1. The van der Waals surface area contributed by atoms with Crippen molar-refractivity contribution < 1.29 is 14.1 Å². The minimum atomic E-state index is -0.239. The molecular formula is C21H22N4O3. The van der Waals surface area contributed by atoms with Crippen LogP contribution in [0.4, 0.5) is 0 Å². The maximum atomic E-state index is 11.8. The van der Waals surface area contributed by atoms with Gasteiger partial charge in [0, 0.05) is 37.8 Å². The minimum Gasteiger partial charge on any atom is -0.367 e. The van der Waals surface area contributed by atoms with Crippen molar-refractivity contribution in [1.29, 1.82) is 0 Å². The molecule has 1 aromatic heterocycles. The van der Waals surface area contributed by atoms with Crippen LogP contribution in [0.15, 0.2) is 59.1 Å². The van der Waals surface area contributed by atoms with Crippen LogP contribution in [-0.2, 0) is 11.3 Å². The van der Waals surface area contributed by atoms with Crippen molar-refractivity contribution in [3.63, 3.8) is 0 Å². The predicted octanol–water partition coefficient (Wildman–Crippen LogP) is 2.67. The fraction of sp³-hybridized carbons (Fsp3) is 0.286. The number of nitrogens with one attached hydrogen (secondary N) is 1. The average molecular weight is 378 g/mol. The highest BCUT2D eigenvalue weighted by atomic mass is 16.5. The first kappa shape index (κ1) is 18.3. The molecule has 7 nitrogen and oxygen atoms in total. The Bertz CT molecular complexity index is 942. The molecule has 0 spiro atoms. The van der Waals surface area contributed by atoms with Gasteiger partial charge in [-0.2, -0.15) is 4.98 Å². The summed E-state index contributed by atoms with van der Waals surface area (Å²) in [6.07, 6.45) is -0.239. The van der Waals surface area contributed by atoms with E-state index in [4.69, 9.17) is 9.26 Å². The van der Waals surface area contributed by atoms with Gasteiger partial charge in [-0.25, -0.2) is 0 Å². The molecule has 1 aliphatic heterocycles. The molecule has 1 fully saturated rings. The highest BCUT2D eigenvalue weighted by Crippen LogP contribution is 2.25. The van der Waals surface area contributed by atoms with Crippen molar-refractivity contribution in [3.05, 3.63) is 71.5 Å². The maximum absolute atomic E-state index is 11.8. The Morgan fingerprint density at radius 2 is 2.07 bits per heavy atom. The van der Waals surface area contributed by atoms with E-state index >= 15 is 0 Å². The molecule has 0 aliphatic carbocycles. The molecule has 144 valence electrons. The highest BCUT2D eigenvalue weighted by molar-refractivity contribution is 5.94. The van der Waals surface area contributed by atoms with E-state index in [-0.39, 0.29) is 12.0 Å². The molecule has 2 heterocycles. The van der Waals surface area contributed by atoms with E-state index in [1.807, 2.05) is 24.3 Å². The molecule has 7 heteroatoms. The smallest absolute Gasteiger partial charge is 0.258 e. The SMILES string of the molecule is CNC(=O)c1cccc(-c2nc([C@@H]3CN(Cc4ccccc4)CCO3)no2)c1. The number of carbonyl (C=O) groups is 1. The lowest BCUT2D eigenvalue weighted by atomic mass is 10.1. The first-order valence-corrected chi connectivity index (χ1v) is 9.27. The van der Waals surface area contributed by atoms with Crippen LogP contribution in [0, 0.1) is 0 Å². The van der Waals surface area contributed by atoms with Crippen LogP contribution in [0.1, 0.15) is 27.8 Å². The first-order valence-electron chi connectivity index (χ1n) is 9.27. The summed E-state index contributed by atoms with van der Waals surface area (Å²) in [6.45, 7) is 3.05. The van der Waals surface area contributed by atoms with E-state index in [0.717, 1.165) is 13.1 Å². The van der Waals surface area contributed by atoms with Gasteiger partial charge >= 0.3 is 0 Å². The Hall–Kier alpha value is -3.03. The second-order valence-electron chi connectivity index (χ2n) is 6.70. The number of benzene rings is 2. The van der Waals surface area contributed by atoms with Crippen molar-refractivity contribution in [3.8, 4) is 11.5 Å². The van der Waals surface area contributed by atoms with Crippen LogP contribution in [-0.4, -0.2) is 47.7 Å². The number of ether oxygens (including phenoxy) is 1. The van der Waals surface area contributed by atoms with Crippen molar-refractivity contribution in [2.75, 3.05) is 26.7 Å². The molecule has 2 aromatic carbocycles. The van der Waals surface area contributed by atoms with Gasteiger partial charge in [-0.3, -0.25) is 9.69 Å². The van der Waals surface area contributed by atoms with Gasteiger partial charge in [0.05, 0.1) is 6.61 Å². The fourth-order valence-electron chi connectivity index (χ4n) is 3.26. The summed E-state index contributed by atoms with van der Waals surface area (Å²) in [5.41, 5.74) is 2.52. The zero-order valence-corrected chi connectivity index (χ0v) is 15.7. The second kappa shape index (κ2) is 8.33. The third-order valence-electron chi connectivity index (χ3n) is 4.73. The zero-order valence-electron chi connectivity index (χ0n) is 15.7. The van der Waals surface area contributed by atoms with E-state index in [1.54, 1.807) is 25.2 Å². The number of hydrogen-bond acceptors (Lipinski definition) is 6. The third-order valence-corrected chi connectivity index (χ3v) is 4.73. The van der Waals surface area contributed by atoms with Crippen LogP contribution < -0.4 is 5.32 Å². The molecule has 0 saturated carbocycles. The summed E-state index contributed by atoms with van der Waals surface area (Å²) < 4.78 is 11.3. The van der Waals surface area contributed by atoms with Crippen molar-refractivity contribution in [1.82, 2.24) is 20.4 Å². The van der Waals surface area contributed by atoms with Crippen LogP contribution in [0.5, 0.6) is 0 Å². The summed E-state index contributed by atoms with van der Waals surface area (Å²) in [6, 6.07) is 17.5. The predicted molar refractivity (Wildman–Crippen MR) is 104 cm³/mol. The third kappa shape index (κ3) is 4.11. The summed E-state index contributed by atoms with van der Waals surface area (Å²) in [7, 11) is 1.60. The van der Waals surface area contributed by atoms with Crippen molar-refractivity contribution in [2.45, 2.75) is 12.6 Å². The van der Waals surface area contributed by atoms with Gasteiger partial charge in [-0.15, -0.1) is 0 Å². The Balaban J connectivity index is 1.47. The van der Waals surface area contributed by atoms with Gasteiger partial charge in [-0.1, -0.05) is 41.6 Å². The van der Waals surface area contributed by atoms with E-state index in [9.17, 15) is 4.79 Å². The summed E-state index contributed by atoms with van der Waals surface area (Å²) in [4.78, 5) is 18.7. The lowest BCUT2D eigenvalue weighted by Gasteiger charge is -2.31. The second-order valence-corrected chi connectivity index (χ2v) is 6.70. The maximum Gasteiger partial charge on any atom is 0.258 e. The molecule has 1 amide bonds. The van der Waals surface area contributed by atoms with Gasteiger partial charge in [0.15, 0.2) is 0 Å². The molecule has 1 aliphatic rings. The van der Waals surface area contributed by atoms with Gasteiger partial charge in [-0.05, 0) is 23.8 Å². The average Bonchev–Trinajstić information content (AvgIpc) is 3.25. The van der Waals surface area contributed by atoms with Gasteiger partial charge in [0.25, 0.3) is 11.8 Å². The molecule has 0 bridgehead atoms. The quantitative estimate of drug-likeness (QED) is 0.735. The van der Waals surface area contributed by atoms with Crippen molar-refractivity contribution in [2.24, 2.45) is 0 Å². The molecule has 4 rings (SSSR count). The minimum absolute atomic E-state index is 0.159. The van der Waals surface area contributed by atoms with Gasteiger partial charge < -0.3 is 14.6 Å². The first-order chi connectivity index (χ1) is 13.7. The number of nitrogens with zero attached hydrogens (tertiary/aromatic N) is 3. The monoisotopic (exact) mass is 378 g/mol. The lowest BCUT2D eigenvalue weighted by molar-refractivity contribution is -0.0380. The highest BCUT2D eigenvalue weighted by Gasteiger charge is 2.26.